The molecular weight excluding hydrogens is 414 g/mol. The first-order valence-electron chi connectivity index (χ1n) is 10.2. The minimum absolute atomic E-state index is 0.0112. The Bertz CT molecular complexity index is 1270. The van der Waals surface area contributed by atoms with Gasteiger partial charge < -0.3 is 4.57 Å². The number of aromatic nitrogens is 2. The highest BCUT2D eigenvalue weighted by molar-refractivity contribution is 7.89. The molecule has 2 aromatic carbocycles. The van der Waals surface area contributed by atoms with E-state index in [1.807, 2.05) is 41.8 Å². The largest absolute Gasteiger partial charge is 0.310 e. The number of benzene rings is 2. The predicted molar refractivity (Wildman–Crippen MR) is 117 cm³/mol. The van der Waals surface area contributed by atoms with Crippen LogP contribution in [-0.2, 0) is 21.4 Å². The molecule has 1 aliphatic heterocycles. The lowest BCUT2D eigenvalue weighted by atomic mass is 9.97. The summed E-state index contributed by atoms with van der Waals surface area (Å²) in [5.74, 6) is 0.0500. The maximum atomic E-state index is 13.0. The average molecular weight is 438 g/mol. The number of aryl methyl sites for hydroxylation is 1. The summed E-state index contributed by atoms with van der Waals surface area (Å²) in [4.78, 5) is 17.4. The summed E-state index contributed by atoms with van der Waals surface area (Å²) >= 11 is 0. The van der Waals surface area contributed by atoms with E-state index >= 15 is 0 Å². The molecule has 0 atom stereocenters. The fraction of sp³-hybridized carbons (Fsp3) is 0.318. The van der Waals surface area contributed by atoms with Crippen LogP contribution in [0.4, 0.5) is 5.95 Å². The van der Waals surface area contributed by atoms with Crippen molar-refractivity contribution < 1.29 is 13.2 Å². The Morgan fingerprint density at radius 3 is 2.55 bits per heavy atom. The second-order valence-corrected chi connectivity index (χ2v) is 9.35. The Morgan fingerprint density at radius 1 is 1.16 bits per heavy atom. The van der Waals surface area contributed by atoms with Gasteiger partial charge in [-0.15, -0.1) is 0 Å². The zero-order chi connectivity index (χ0) is 22.0. The SMILES string of the molecule is CCn1c(NC(=O)C2CCN(S(=O)(=O)c3ccccc3C#N)CC2)nc2ccccc21. The molecule has 9 heteroatoms. The Kier molecular flexibility index (Phi) is 5.76. The molecule has 0 radical (unpaired) electrons. The summed E-state index contributed by atoms with van der Waals surface area (Å²) in [5, 5.41) is 12.2. The van der Waals surface area contributed by atoms with Gasteiger partial charge >= 0.3 is 0 Å². The van der Waals surface area contributed by atoms with Gasteiger partial charge in [0.05, 0.1) is 21.5 Å². The molecule has 0 aliphatic carbocycles. The summed E-state index contributed by atoms with van der Waals surface area (Å²) in [7, 11) is -3.78. The quantitative estimate of drug-likeness (QED) is 0.660. The van der Waals surface area contributed by atoms with E-state index in [1.165, 1.54) is 16.4 Å². The van der Waals surface area contributed by atoms with Crippen molar-refractivity contribution in [2.45, 2.75) is 31.2 Å². The van der Waals surface area contributed by atoms with Gasteiger partial charge in [0.25, 0.3) is 0 Å². The molecule has 31 heavy (non-hydrogen) atoms. The molecule has 0 bridgehead atoms. The highest BCUT2D eigenvalue weighted by Crippen LogP contribution is 2.27. The molecule has 4 rings (SSSR count). The molecule has 1 aliphatic rings. The third-order valence-electron chi connectivity index (χ3n) is 5.66. The van der Waals surface area contributed by atoms with Crippen LogP contribution < -0.4 is 5.32 Å². The molecule has 1 aromatic heterocycles. The van der Waals surface area contributed by atoms with Crippen LogP contribution in [0.2, 0.25) is 0 Å². The second-order valence-electron chi connectivity index (χ2n) is 7.44. The first kappa shape index (κ1) is 21.0. The number of piperidine rings is 1. The van der Waals surface area contributed by atoms with Gasteiger partial charge in [-0.2, -0.15) is 9.57 Å². The van der Waals surface area contributed by atoms with Crippen molar-refractivity contribution in [3.05, 3.63) is 54.1 Å². The lowest BCUT2D eigenvalue weighted by Gasteiger charge is -2.30. The molecule has 0 spiro atoms. The number of rotatable bonds is 5. The Morgan fingerprint density at radius 2 is 1.84 bits per heavy atom. The minimum atomic E-state index is -3.78. The van der Waals surface area contributed by atoms with E-state index in [1.54, 1.807) is 12.1 Å². The van der Waals surface area contributed by atoms with E-state index in [2.05, 4.69) is 10.3 Å². The molecule has 0 unspecified atom stereocenters. The normalized spacial score (nSPS) is 15.6. The summed E-state index contributed by atoms with van der Waals surface area (Å²) in [6, 6.07) is 15.8. The number of fused-ring (bicyclic) bond motifs is 1. The first-order chi connectivity index (χ1) is 15.0. The average Bonchev–Trinajstić information content (AvgIpc) is 3.15. The molecule has 8 nitrogen and oxygen atoms in total. The van der Waals surface area contributed by atoms with Crippen LogP contribution in [0.15, 0.2) is 53.4 Å². The van der Waals surface area contributed by atoms with E-state index in [-0.39, 0.29) is 35.4 Å². The summed E-state index contributed by atoms with van der Waals surface area (Å²) < 4.78 is 29.3. The smallest absolute Gasteiger partial charge is 0.244 e. The molecular formula is C22H23N5O3S. The van der Waals surface area contributed by atoms with Crippen molar-refractivity contribution in [3.8, 4) is 6.07 Å². The first-order valence-corrected chi connectivity index (χ1v) is 11.6. The van der Waals surface area contributed by atoms with Gasteiger partial charge in [0.2, 0.25) is 21.9 Å². The number of nitriles is 1. The van der Waals surface area contributed by atoms with E-state index in [4.69, 9.17) is 0 Å². The van der Waals surface area contributed by atoms with E-state index in [9.17, 15) is 18.5 Å². The summed E-state index contributed by atoms with van der Waals surface area (Å²) in [5.41, 5.74) is 1.90. The van der Waals surface area contributed by atoms with Crippen LogP contribution in [0.25, 0.3) is 11.0 Å². The number of hydrogen-bond acceptors (Lipinski definition) is 5. The van der Waals surface area contributed by atoms with Gasteiger partial charge in [-0.05, 0) is 44.0 Å². The number of nitrogens with zero attached hydrogens (tertiary/aromatic N) is 4. The number of imidazole rings is 1. The fourth-order valence-corrected chi connectivity index (χ4v) is 5.60. The number of para-hydroxylation sites is 2. The highest BCUT2D eigenvalue weighted by Gasteiger charge is 2.33. The van der Waals surface area contributed by atoms with Crippen molar-refractivity contribution in [2.75, 3.05) is 18.4 Å². The van der Waals surface area contributed by atoms with Gasteiger partial charge in [-0.3, -0.25) is 10.1 Å². The molecule has 1 fully saturated rings. The summed E-state index contributed by atoms with van der Waals surface area (Å²) in [6.07, 6.45) is 0.818. The van der Waals surface area contributed by atoms with Crippen LogP contribution in [0, 0.1) is 17.2 Å². The number of carbonyl (C=O) groups excluding carboxylic acids is 1. The van der Waals surface area contributed by atoms with E-state index in [0.717, 1.165) is 11.0 Å². The number of hydrogen-bond donors (Lipinski definition) is 1. The molecule has 1 amide bonds. The van der Waals surface area contributed by atoms with Crippen molar-refractivity contribution in [2.24, 2.45) is 5.92 Å². The number of anilines is 1. The predicted octanol–water partition coefficient (Wildman–Crippen LogP) is 2.97. The lowest BCUT2D eigenvalue weighted by molar-refractivity contribution is -0.121. The highest BCUT2D eigenvalue weighted by atomic mass is 32.2. The van der Waals surface area contributed by atoms with Crippen molar-refractivity contribution >= 4 is 32.9 Å². The topological polar surface area (TPSA) is 108 Å². The Hall–Kier alpha value is -3.22. The third-order valence-corrected chi connectivity index (χ3v) is 7.61. The zero-order valence-electron chi connectivity index (χ0n) is 17.2. The standard InChI is InChI=1S/C22H23N5O3S/c1-2-27-19-9-5-4-8-18(19)24-22(27)25-21(28)16-11-13-26(14-12-16)31(29,30)20-10-6-3-7-17(20)15-23/h3-10,16H,2,11-14H2,1H3,(H,24,25,28). The van der Waals surface area contributed by atoms with Gasteiger partial charge in [0.15, 0.2) is 0 Å². The molecule has 160 valence electrons. The molecule has 1 saturated heterocycles. The van der Waals surface area contributed by atoms with E-state index in [0.29, 0.717) is 25.3 Å². The van der Waals surface area contributed by atoms with Crippen molar-refractivity contribution in [1.29, 1.82) is 5.26 Å². The van der Waals surface area contributed by atoms with Gasteiger partial charge in [0.1, 0.15) is 6.07 Å². The maximum absolute atomic E-state index is 13.0. The van der Waals surface area contributed by atoms with E-state index < -0.39 is 10.0 Å². The number of sulfonamides is 1. The van der Waals surface area contributed by atoms with Crippen molar-refractivity contribution in [1.82, 2.24) is 13.9 Å². The Balaban J connectivity index is 1.46. The molecule has 3 aromatic rings. The van der Waals surface area contributed by atoms with Crippen LogP contribution in [0.3, 0.4) is 0 Å². The molecule has 2 heterocycles. The van der Waals surface area contributed by atoms with Gasteiger partial charge in [0, 0.05) is 25.6 Å². The van der Waals surface area contributed by atoms with Crippen LogP contribution in [0.1, 0.15) is 25.3 Å². The van der Waals surface area contributed by atoms with Crippen LogP contribution in [-0.4, -0.2) is 41.3 Å². The number of nitrogens with one attached hydrogen (secondary N) is 1. The third kappa shape index (κ3) is 3.92. The van der Waals surface area contributed by atoms with Crippen LogP contribution in [0.5, 0.6) is 0 Å². The van der Waals surface area contributed by atoms with Gasteiger partial charge in [-0.1, -0.05) is 24.3 Å². The minimum Gasteiger partial charge on any atom is -0.310 e. The van der Waals surface area contributed by atoms with Gasteiger partial charge in [-0.25, -0.2) is 13.4 Å². The zero-order valence-corrected chi connectivity index (χ0v) is 18.0. The monoisotopic (exact) mass is 437 g/mol. The summed E-state index contributed by atoms with van der Waals surface area (Å²) in [6.45, 7) is 3.12. The van der Waals surface area contributed by atoms with Crippen LogP contribution >= 0.6 is 0 Å². The number of amides is 1. The molecule has 1 N–H and O–H groups in total. The maximum Gasteiger partial charge on any atom is 0.244 e. The number of carbonyl (C=O) groups is 1. The second kappa shape index (κ2) is 8.49. The van der Waals surface area contributed by atoms with Crippen molar-refractivity contribution in [3.63, 3.8) is 0 Å². The lowest BCUT2D eigenvalue weighted by Crippen LogP contribution is -2.41. The molecule has 0 saturated carbocycles. The fourth-order valence-electron chi connectivity index (χ4n) is 3.98. The Labute approximate surface area is 181 Å².